The number of pyridine rings is 2. The number of hydrogen-bond donors (Lipinski definition) is 1. The van der Waals surface area contributed by atoms with E-state index in [2.05, 4.69) is 66.4 Å². The molecule has 9 nitrogen and oxygen atoms in total. The minimum absolute atomic E-state index is 0.0685. The number of nitrogens with zero attached hydrogens (tertiary/aromatic N) is 5. The minimum atomic E-state index is -2.76. The van der Waals surface area contributed by atoms with E-state index in [0.29, 0.717) is 44.5 Å². The fourth-order valence-corrected chi connectivity index (χ4v) is 9.46. The first-order valence-corrected chi connectivity index (χ1v) is 21.2. The average Bonchev–Trinajstić information content (AvgIpc) is 4.10. The third kappa shape index (κ3) is 7.47. The summed E-state index contributed by atoms with van der Waals surface area (Å²) in [6, 6.07) is 16.7. The number of rotatable bonds is 7. The number of ether oxygens (including phenoxy) is 1. The molecule has 1 N–H and O–H groups in total. The molecule has 1 amide bonds. The molecule has 2 aromatic heterocycles. The van der Waals surface area contributed by atoms with Crippen molar-refractivity contribution in [1.29, 1.82) is 0 Å². The van der Waals surface area contributed by atoms with E-state index in [0.717, 1.165) is 70.4 Å². The Balaban J connectivity index is 0.998. The van der Waals surface area contributed by atoms with Crippen LogP contribution in [0.5, 0.6) is 5.88 Å². The van der Waals surface area contributed by atoms with Crippen LogP contribution in [0.4, 0.5) is 31.8 Å². The van der Waals surface area contributed by atoms with Crippen LogP contribution in [-0.2, 0) is 0 Å². The molecule has 2 saturated carbocycles. The lowest BCUT2D eigenvalue weighted by molar-refractivity contribution is -0.0221. The molecule has 0 atom stereocenters. The van der Waals surface area contributed by atoms with Crippen LogP contribution in [0, 0.1) is 18.0 Å². The van der Waals surface area contributed by atoms with E-state index in [9.17, 15) is 18.4 Å². The molecule has 0 unspecified atom stereocenters. The van der Waals surface area contributed by atoms with Gasteiger partial charge in [-0.3, -0.25) is 4.79 Å². The Hall–Kier alpha value is -3.34. The van der Waals surface area contributed by atoms with E-state index in [1.807, 2.05) is 30.3 Å². The Morgan fingerprint density at radius 1 is 0.648 bits per heavy atom. The Morgan fingerprint density at radius 2 is 1.19 bits per heavy atom. The van der Waals surface area contributed by atoms with Crippen molar-refractivity contribution >= 4 is 91.0 Å². The van der Waals surface area contributed by atoms with E-state index in [1.165, 1.54) is 25.7 Å². The molecular weight excluding hydrogens is 916 g/mol. The number of carbonyl (C=O) groups is 2. The number of benzene rings is 2. The molecule has 5 fully saturated rings. The van der Waals surface area contributed by atoms with Gasteiger partial charge < -0.3 is 24.8 Å². The topological polar surface area (TPSA) is 90.9 Å². The molecule has 3 aliphatic heterocycles. The fourth-order valence-electron chi connectivity index (χ4n) is 8.51. The van der Waals surface area contributed by atoms with Crippen LogP contribution < -0.4 is 24.8 Å². The smallest absolute Gasteiger partial charge is 0.346 e. The number of halogens is 4. The van der Waals surface area contributed by atoms with Gasteiger partial charge in [-0.25, -0.2) is 23.5 Å². The van der Waals surface area contributed by atoms with E-state index in [1.54, 1.807) is 23.1 Å². The zero-order valence-electron chi connectivity index (χ0n) is 30.0. The second-order valence-corrected chi connectivity index (χ2v) is 18.5. The number of carbonyl (C=O) groups excluding carboxylic acids is 2. The van der Waals surface area contributed by atoms with Gasteiger partial charge in [0.25, 0.3) is 11.8 Å². The number of amides is 1. The van der Waals surface area contributed by atoms with Gasteiger partial charge in [0, 0.05) is 70.7 Å². The van der Waals surface area contributed by atoms with Gasteiger partial charge >= 0.3 is 5.97 Å². The molecule has 5 heterocycles. The zero-order chi connectivity index (χ0) is 37.2. The normalized spacial score (nSPS) is 21.0. The molecule has 2 aliphatic carbocycles. The van der Waals surface area contributed by atoms with Gasteiger partial charge in [-0.2, -0.15) is 0 Å². The summed E-state index contributed by atoms with van der Waals surface area (Å²) in [5.74, 6) is -2.81. The quantitative estimate of drug-likeness (QED) is 0.145. The minimum Gasteiger partial charge on any atom is -0.404 e. The lowest BCUT2D eigenvalue weighted by Crippen LogP contribution is -2.40. The lowest BCUT2D eigenvalue weighted by atomic mass is 9.93. The zero-order valence-corrected chi connectivity index (χ0v) is 34.3. The van der Waals surface area contributed by atoms with Crippen molar-refractivity contribution in [3.05, 3.63) is 72.9 Å². The van der Waals surface area contributed by atoms with Crippen LogP contribution in [0.1, 0.15) is 84.9 Å². The van der Waals surface area contributed by atoms with Crippen molar-refractivity contribution in [3.63, 3.8) is 0 Å². The van der Waals surface area contributed by atoms with E-state index < -0.39 is 11.9 Å². The first-order valence-electron chi connectivity index (χ1n) is 19.0. The molecule has 0 radical (unpaired) electrons. The van der Waals surface area contributed by atoms with E-state index in [-0.39, 0.29) is 37.7 Å². The Labute approximate surface area is 340 Å². The molecule has 2 spiro atoms. The summed E-state index contributed by atoms with van der Waals surface area (Å²) >= 11 is 4.56. The molecule has 9 rings (SSSR count). The third-order valence-corrected chi connectivity index (χ3v) is 13.8. The number of fused-ring (bicyclic) bond motifs is 1. The largest absolute Gasteiger partial charge is 0.404 e. The van der Waals surface area contributed by atoms with Crippen molar-refractivity contribution in [2.75, 3.05) is 59.3 Å². The molecule has 0 bridgehead atoms. The summed E-state index contributed by atoms with van der Waals surface area (Å²) in [6.45, 7) is 3.78. The highest BCUT2D eigenvalue weighted by molar-refractivity contribution is 14.1. The number of hydrogen-bond acceptors (Lipinski definition) is 8. The predicted octanol–water partition coefficient (Wildman–Crippen LogP) is 9.31. The maximum atomic E-state index is 14.3. The van der Waals surface area contributed by atoms with Crippen molar-refractivity contribution in [2.24, 2.45) is 10.8 Å². The number of piperidine rings is 3. The summed E-state index contributed by atoms with van der Waals surface area (Å²) < 4.78 is 36.7. The molecular formula is C41H42F2I2N6O3. The van der Waals surface area contributed by atoms with Crippen LogP contribution in [0.25, 0.3) is 10.9 Å². The maximum Gasteiger partial charge on any atom is 0.346 e. The predicted molar refractivity (Wildman–Crippen MR) is 223 cm³/mol. The van der Waals surface area contributed by atoms with Crippen molar-refractivity contribution in [3.8, 4) is 5.88 Å². The van der Waals surface area contributed by atoms with E-state index >= 15 is 0 Å². The molecule has 2 aromatic carbocycles. The summed E-state index contributed by atoms with van der Waals surface area (Å²) in [5, 5.41) is 3.66. The van der Waals surface area contributed by atoms with Crippen molar-refractivity contribution < 1.29 is 23.1 Å². The monoisotopic (exact) mass is 958 g/mol. The molecule has 3 saturated heterocycles. The maximum absolute atomic E-state index is 14.3. The number of nitrogens with one attached hydrogen (secondary N) is 1. The van der Waals surface area contributed by atoms with Crippen LogP contribution in [-0.4, -0.2) is 67.0 Å². The number of alkyl halides is 2. The van der Waals surface area contributed by atoms with Crippen LogP contribution in [0.2, 0.25) is 0 Å². The molecule has 4 aromatic rings. The van der Waals surface area contributed by atoms with Crippen LogP contribution >= 0.6 is 45.2 Å². The first kappa shape index (κ1) is 36.3. The standard InChI is InChI=1S/C41H42F2I2N6O3/c42-41(43)15-21-51(22-16-41)36-35-26(23-33(46-36)47-37(52)29-4-2-27(44)24-31(29)49-17-11-39(7-8-39)12-18-49)1-6-34(48-35)54-38(53)30-5-3-28(45)25-32(30)50-19-13-40(9-10-40)14-20-50/h1-6,23-25H,7-22H2,(H,46,47,52). The number of aromatic nitrogens is 2. The van der Waals surface area contributed by atoms with Crippen LogP contribution in [0.15, 0.2) is 54.6 Å². The second kappa shape index (κ2) is 14.0. The van der Waals surface area contributed by atoms with Gasteiger partial charge in [0.15, 0.2) is 5.82 Å². The summed E-state index contributed by atoms with van der Waals surface area (Å²) in [7, 11) is 0. The third-order valence-electron chi connectivity index (χ3n) is 12.5. The highest BCUT2D eigenvalue weighted by atomic mass is 127. The number of anilines is 4. The van der Waals surface area contributed by atoms with Gasteiger partial charge in [0.05, 0.1) is 22.5 Å². The Morgan fingerprint density at radius 3 is 1.76 bits per heavy atom. The molecule has 13 heteroatoms. The number of esters is 1. The average molecular weight is 959 g/mol. The second-order valence-electron chi connectivity index (χ2n) is 16.0. The van der Waals surface area contributed by atoms with E-state index in [4.69, 9.17) is 14.7 Å². The highest BCUT2D eigenvalue weighted by Crippen LogP contribution is 2.55. The summed E-state index contributed by atoms with van der Waals surface area (Å²) in [5.41, 5.74) is 4.24. The first-order chi connectivity index (χ1) is 26.0. The fraction of sp³-hybridized carbons (Fsp3) is 0.463. The van der Waals surface area contributed by atoms with Crippen LogP contribution in [0.3, 0.4) is 0 Å². The van der Waals surface area contributed by atoms with Gasteiger partial charge in [-0.15, -0.1) is 0 Å². The molecule has 5 aliphatic rings. The van der Waals surface area contributed by atoms with Crippen molar-refractivity contribution in [2.45, 2.75) is 70.1 Å². The SMILES string of the molecule is O=C(Nc1cc2ccc(OC(=O)c3ccc(I)cc3N3CCC4(CC3)CC4)nc2c(N2CCC(F)(F)CC2)n1)c1ccc(I)cc1N1CCC2(CC1)CC2. The van der Waals surface area contributed by atoms with Crippen molar-refractivity contribution in [1.82, 2.24) is 9.97 Å². The molecule has 282 valence electrons. The Bertz CT molecular complexity index is 2130. The highest BCUT2D eigenvalue weighted by Gasteiger charge is 2.46. The van der Waals surface area contributed by atoms with Gasteiger partial charge in [-0.05, 0) is 156 Å². The Kier molecular flexibility index (Phi) is 9.41. The van der Waals surface area contributed by atoms with Gasteiger partial charge in [0.1, 0.15) is 11.3 Å². The summed E-state index contributed by atoms with van der Waals surface area (Å²) in [4.78, 5) is 43.7. The van der Waals surface area contributed by atoms with Gasteiger partial charge in [-0.1, -0.05) is 0 Å². The lowest BCUT2D eigenvalue weighted by Gasteiger charge is -2.35. The summed E-state index contributed by atoms with van der Waals surface area (Å²) in [6.07, 6.45) is 9.09. The van der Waals surface area contributed by atoms with Gasteiger partial charge in [0.2, 0.25) is 5.88 Å². The molecule has 54 heavy (non-hydrogen) atoms.